The van der Waals surface area contributed by atoms with Crippen LogP contribution in [0.25, 0.3) is 0 Å². The number of hydrogen-bond acceptors (Lipinski definition) is 3. The van der Waals surface area contributed by atoms with E-state index in [4.69, 9.17) is 0 Å². The van der Waals surface area contributed by atoms with Gasteiger partial charge in [-0.05, 0) is 0 Å². The van der Waals surface area contributed by atoms with Gasteiger partial charge in [-0.15, -0.1) is 0 Å². The van der Waals surface area contributed by atoms with Gasteiger partial charge in [0.25, 0.3) is 0 Å². The van der Waals surface area contributed by atoms with Gasteiger partial charge in [-0.3, -0.25) is 4.57 Å². The van der Waals surface area contributed by atoms with Crippen molar-refractivity contribution in [2.45, 2.75) is 12.6 Å². The van der Waals surface area contributed by atoms with Crippen molar-refractivity contribution in [2.24, 2.45) is 0 Å². The maximum Gasteiger partial charge on any atom is 0.398 e. The highest BCUT2D eigenvalue weighted by Gasteiger charge is 2.47. The standard InChI is InChI=1S/C4H9F2O3P/c1-4(5,6)10(7,8-2)9-3/h1-3H3. The summed E-state index contributed by atoms with van der Waals surface area (Å²) in [6.07, 6.45) is 0. The van der Waals surface area contributed by atoms with Crippen LogP contribution in [0.15, 0.2) is 0 Å². The third-order valence-electron chi connectivity index (χ3n) is 0.962. The average Bonchev–Trinajstić information content (AvgIpc) is 1.84. The van der Waals surface area contributed by atoms with E-state index in [-0.39, 0.29) is 0 Å². The van der Waals surface area contributed by atoms with E-state index in [1.165, 1.54) is 0 Å². The zero-order valence-corrected chi connectivity index (χ0v) is 6.82. The SMILES string of the molecule is COP(=O)(OC)C(C)(F)F. The number of alkyl halides is 2. The first-order valence-corrected chi connectivity index (χ1v) is 4.01. The fourth-order valence-corrected chi connectivity index (χ4v) is 1.19. The molecule has 0 fully saturated rings. The Hall–Kier alpha value is 0.01000. The maximum absolute atomic E-state index is 12.3. The first-order chi connectivity index (χ1) is 4.37. The predicted octanol–water partition coefficient (Wildman–Crippen LogP) is 2.08. The number of rotatable bonds is 3. The van der Waals surface area contributed by atoms with Crippen molar-refractivity contribution < 1.29 is 22.4 Å². The van der Waals surface area contributed by atoms with E-state index in [1.54, 1.807) is 0 Å². The molecule has 3 nitrogen and oxygen atoms in total. The molecule has 6 heteroatoms. The zero-order chi connectivity index (χ0) is 8.41. The van der Waals surface area contributed by atoms with Crippen LogP contribution in [0.3, 0.4) is 0 Å². The minimum Gasteiger partial charge on any atom is -0.308 e. The van der Waals surface area contributed by atoms with Crippen LogP contribution >= 0.6 is 7.60 Å². The van der Waals surface area contributed by atoms with Crippen molar-refractivity contribution >= 4 is 7.60 Å². The lowest BCUT2D eigenvalue weighted by molar-refractivity contribution is 0.0661. The third kappa shape index (κ3) is 1.75. The van der Waals surface area contributed by atoms with Crippen molar-refractivity contribution in [2.75, 3.05) is 14.2 Å². The molecule has 0 aromatic heterocycles. The molecule has 0 aliphatic rings. The van der Waals surface area contributed by atoms with Gasteiger partial charge < -0.3 is 9.05 Å². The molecule has 0 aliphatic heterocycles. The Labute approximate surface area is 57.9 Å². The Kier molecular flexibility index (Phi) is 2.95. The third-order valence-corrected chi connectivity index (χ3v) is 2.88. The highest BCUT2D eigenvalue weighted by molar-refractivity contribution is 7.55. The van der Waals surface area contributed by atoms with Gasteiger partial charge in [0.2, 0.25) is 0 Å². The molecule has 0 radical (unpaired) electrons. The second-order valence-corrected chi connectivity index (χ2v) is 4.22. The summed E-state index contributed by atoms with van der Waals surface area (Å²) >= 11 is 0. The highest BCUT2D eigenvalue weighted by Crippen LogP contribution is 2.60. The quantitative estimate of drug-likeness (QED) is 0.614. The molecule has 0 unspecified atom stereocenters. The van der Waals surface area contributed by atoms with E-state index in [1.807, 2.05) is 0 Å². The van der Waals surface area contributed by atoms with Crippen molar-refractivity contribution in [1.29, 1.82) is 0 Å². The summed E-state index contributed by atoms with van der Waals surface area (Å²) in [6.45, 7) is 0.487. The lowest BCUT2D eigenvalue weighted by Crippen LogP contribution is -2.13. The smallest absolute Gasteiger partial charge is 0.308 e. The molecule has 10 heavy (non-hydrogen) atoms. The van der Waals surface area contributed by atoms with Crippen LogP contribution < -0.4 is 0 Å². The van der Waals surface area contributed by atoms with Crippen molar-refractivity contribution in [3.8, 4) is 0 Å². The molecular weight excluding hydrogens is 165 g/mol. The minimum absolute atomic E-state index is 0.487. The Morgan fingerprint density at radius 2 is 1.60 bits per heavy atom. The molecule has 0 heterocycles. The minimum atomic E-state index is -4.20. The summed E-state index contributed by atoms with van der Waals surface area (Å²) < 4.78 is 43.4. The molecule has 0 aromatic rings. The average molecular weight is 174 g/mol. The van der Waals surface area contributed by atoms with Crippen LogP contribution in [-0.2, 0) is 13.6 Å². The van der Waals surface area contributed by atoms with E-state index in [9.17, 15) is 13.3 Å². The fourth-order valence-electron chi connectivity index (χ4n) is 0.395. The van der Waals surface area contributed by atoms with Gasteiger partial charge >= 0.3 is 13.3 Å². The molecule has 0 amide bonds. The number of hydrogen-bond donors (Lipinski definition) is 0. The van der Waals surface area contributed by atoms with Gasteiger partial charge in [0.15, 0.2) is 0 Å². The summed E-state index contributed by atoms with van der Waals surface area (Å²) in [7, 11) is -2.36. The Morgan fingerprint density at radius 1 is 1.30 bits per heavy atom. The summed E-state index contributed by atoms with van der Waals surface area (Å²) in [6, 6.07) is 0. The van der Waals surface area contributed by atoms with Crippen molar-refractivity contribution in [3.63, 3.8) is 0 Å². The zero-order valence-electron chi connectivity index (χ0n) is 5.93. The molecule has 0 aliphatic carbocycles. The van der Waals surface area contributed by atoms with Crippen LogP contribution in [0.1, 0.15) is 6.92 Å². The lowest BCUT2D eigenvalue weighted by Gasteiger charge is -2.19. The van der Waals surface area contributed by atoms with Crippen LogP contribution in [0, 0.1) is 0 Å². The van der Waals surface area contributed by atoms with Gasteiger partial charge in [-0.1, -0.05) is 0 Å². The van der Waals surface area contributed by atoms with E-state index >= 15 is 0 Å². The first-order valence-electron chi connectivity index (χ1n) is 2.47. The normalized spacial score (nSPS) is 13.7. The predicted molar refractivity (Wildman–Crippen MR) is 32.2 cm³/mol. The molecule has 0 aromatic carbocycles. The van der Waals surface area contributed by atoms with Gasteiger partial charge in [0.05, 0.1) is 0 Å². The monoisotopic (exact) mass is 174 g/mol. The van der Waals surface area contributed by atoms with Gasteiger partial charge in [0, 0.05) is 21.1 Å². The second kappa shape index (κ2) is 2.95. The van der Waals surface area contributed by atoms with E-state index in [0.717, 1.165) is 14.2 Å². The Balaban J connectivity index is 4.51. The lowest BCUT2D eigenvalue weighted by atomic mass is 10.9. The molecule has 0 spiro atoms. The largest absolute Gasteiger partial charge is 0.398 e. The molecule has 0 saturated carbocycles. The van der Waals surface area contributed by atoms with Crippen LogP contribution in [0.2, 0.25) is 0 Å². The molecule has 0 N–H and O–H groups in total. The second-order valence-electron chi connectivity index (χ2n) is 1.70. The molecule has 0 rings (SSSR count). The van der Waals surface area contributed by atoms with Crippen LogP contribution in [0.4, 0.5) is 8.78 Å². The Morgan fingerprint density at radius 3 is 1.60 bits per heavy atom. The topological polar surface area (TPSA) is 35.5 Å². The summed E-state index contributed by atoms with van der Waals surface area (Å²) in [5.41, 5.74) is -3.43. The molecule has 0 saturated heterocycles. The van der Waals surface area contributed by atoms with Gasteiger partial charge in [-0.25, -0.2) is 0 Å². The summed E-state index contributed by atoms with van der Waals surface area (Å²) in [4.78, 5) is 0. The molecule has 62 valence electrons. The van der Waals surface area contributed by atoms with E-state index in [2.05, 4.69) is 9.05 Å². The first kappa shape index (κ1) is 10.0. The Bertz CT molecular complexity index is 145. The van der Waals surface area contributed by atoms with Gasteiger partial charge in [-0.2, -0.15) is 8.78 Å². The van der Waals surface area contributed by atoms with E-state index < -0.39 is 13.3 Å². The maximum atomic E-state index is 12.3. The molecule has 0 atom stereocenters. The summed E-state index contributed by atoms with van der Waals surface area (Å²) in [5.74, 6) is 0. The van der Waals surface area contributed by atoms with Gasteiger partial charge in [0.1, 0.15) is 0 Å². The van der Waals surface area contributed by atoms with Crippen molar-refractivity contribution in [3.05, 3.63) is 0 Å². The number of halogens is 2. The van der Waals surface area contributed by atoms with Crippen molar-refractivity contribution in [1.82, 2.24) is 0 Å². The fraction of sp³-hybridized carbons (Fsp3) is 1.00. The molecular formula is C4H9F2O3P. The van der Waals surface area contributed by atoms with Crippen LogP contribution in [-0.4, -0.2) is 19.9 Å². The van der Waals surface area contributed by atoms with Crippen LogP contribution in [0.5, 0.6) is 0 Å². The van der Waals surface area contributed by atoms with E-state index in [0.29, 0.717) is 6.92 Å². The summed E-state index contributed by atoms with van der Waals surface area (Å²) in [5, 5.41) is 0. The highest BCUT2D eigenvalue weighted by atomic mass is 31.2. The molecule has 0 bridgehead atoms.